The minimum atomic E-state index is -1.55. The smallest absolute Gasteiger partial charge is 0.338 e. The Kier molecular flexibility index (Phi) is 2.93. The van der Waals surface area contributed by atoms with Crippen LogP contribution in [0.25, 0.3) is 11.3 Å². The molecule has 5 nitrogen and oxygen atoms in total. The van der Waals surface area contributed by atoms with Crippen LogP contribution in [-0.4, -0.2) is 26.0 Å². The van der Waals surface area contributed by atoms with Crippen LogP contribution in [0.15, 0.2) is 36.4 Å². The van der Waals surface area contributed by atoms with Crippen LogP contribution in [0, 0.1) is 0 Å². The molecule has 1 aromatic carbocycles. The van der Waals surface area contributed by atoms with Crippen molar-refractivity contribution < 1.29 is 15.0 Å². The van der Waals surface area contributed by atoms with E-state index in [4.69, 9.17) is 5.11 Å². The van der Waals surface area contributed by atoms with E-state index in [1.165, 1.54) is 4.68 Å². The fraction of sp³-hybridized carbons (Fsp3) is 0.167. The maximum absolute atomic E-state index is 10.7. The van der Waals surface area contributed by atoms with Crippen LogP contribution in [0.3, 0.4) is 0 Å². The summed E-state index contributed by atoms with van der Waals surface area (Å²) in [6.45, 7) is 0. The Bertz CT molecular complexity index is 534. The zero-order valence-electron chi connectivity index (χ0n) is 9.24. The molecule has 1 aromatic heterocycles. The summed E-state index contributed by atoms with van der Waals surface area (Å²) in [5.41, 5.74) is 1.78. The number of rotatable bonds is 3. The van der Waals surface area contributed by atoms with Gasteiger partial charge in [0.05, 0.1) is 11.4 Å². The lowest BCUT2D eigenvalue weighted by Crippen LogP contribution is -2.14. The van der Waals surface area contributed by atoms with Crippen LogP contribution >= 0.6 is 0 Å². The van der Waals surface area contributed by atoms with Crippen molar-refractivity contribution in [2.45, 2.75) is 6.10 Å². The Labute approximate surface area is 97.9 Å². The largest absolute Gasteiger partial charge is 0.479 e. The van der Waals surface area contributed by atoms with Gasteiger partial charge in [0.25, 0.3) is 0 Å². The van der Waals surface area contributed by atoms with Crippen molar-refractivity contribution in [1.29, 1.82) is 0 Å². The number of benzene rings is 1. The van der Waals surface area contributed by atoms with Crippen LogP contribution in [0.1, 0.15) is 11.8 Å². The molecule has 1 atom stereocenters. The zero-order chi connectivity index (χ0) is 12.4. The van der Waals surface area contributed by atoms with Gasteiger partial charge in [0.15, 0.2) is 6.10 Å². The molecule has 88 valence electrons. The second-order valence-electron chi connectivity index (χ2n) is 3.68. The number of aliphatic carboxylic acids is 1. The predicted molar refractivity (Wildman–Crippen MR) is 61.2 cm³/mol. The molecule has 0 fully saturated rings. The lowest BCUT2D eigenvalue weighted by Gasteiger charge is -2.04. The minimum Gasteiger partial charge on any atom is -0.479 e. The molecule has 0 bridgehead atoms. The molecule has 1 unspecified atom stereocenters. The summed E-state index contributed by atoms with van der Waals surface area (Å²) in [4.78, 5) is 10.7. The third-order valence-corrected chi connectivity index (χ3v) is 2.50. The molecule has 0 saturated carbocycles. The lowest BCUT2D eigenvalue weighted by molar-refractivity contribution is -0.147. The van der Waals surface area contributed by atoms with Gasteiger partial charge in [-0.2, -0.15) is 5.10 Å². The topological polar surface area (TPSA) is 75.3 Å². The van der Waals surface area contributed by atoms with Crippen molar-refractivity contribution in [2.24, 2.45) is 7.05 Å². The minimum absolute atomic E-state index is 0.261. The maximum atomic E-state index is 10.7. The van der Waals surface area contributed by atoms with Gasteiger partial charge in [-0.1, -0.05) is 30.3 Å². The van der Waals surface area contributed by atoms with Gasteiger partial charge in [0, 0.05) is 12.6 Å². The molecule has 2 N–H and O–H groups in total. The van der Waals surface area contributed by atoms with Gasteiger partial charge in [0.2, 0.25) is 0 Å². The lowest BCUT2D eigenvalue weighted by atomic mass is 10.1. The second-order valence-corrected chi connectivity index (χ2v) is 3.68. The highest BCUT2D eigenvalue weighted by Gasteiger charge is 2.21. The first kappa shape index (κ1) is 11.3. The van der Waals surface area contributed by atoms with Crippen molar-refractivity contribution in [3.05, 3.63) is 42.1 Å². The molecule has 0 aliphatic carbocycles. The average molecular weight is 232 g/mol. The number of hydrogen-bond donors (Lipinski definition) is 2. The van der Waals surface area contributed by atoms with E-state index in [0.29, 0.717) is 5.69 Å². The molecular formula is C12H12N2O3. The van der Waals surface area contributed by atoms with Crippen molar-refractivity contribution in [3.8, 4) is 11.3 Å². The summed E-state index contributed by atoms with van der Waals surface area (Å²) < 4.78 is 1.38. The van der Waals surface area contributed by atoms with Gasteiger partial charge in [-0.15, -0.1) is 0 Å². The summed E-state index contributed by atoms with van der Waals surface area (Å²) in [6.07, 6.45) is -1.55. The normalized spacial score (nSPS) is 12.4. The van der Waals surface area contributed by atoms with Crippen LogP contribution < -0.4 is 0 Å². The first-order chi connectivity index (χ1) is 8.09. The summed E-state index contributed by atoms with van der Waals surface area (Å²) in [7, 11) is 1.61. The molecule has 2 rings (SSSR count). The molecule has 0 aliphatic rings. The van der Waals surface area contributed by atoms with Gasteiger partial charge in [-0.3, -0.25) is 4.68 Å². The summed E-state index contributed by atoms with van der Waals surface area (Å²) in [6, 6.07) is 11.0. The van der Waals surface area contributed by atoms with Gasteiger partial charge < -0.3 is 10.2 Å². The van der Waals surface area contributed by atoms with Gasteiger partial charge >= 0.3 is 5.97 Å². The van der Waals surface area contributed by atoms with Gasteiger partial charge in [0.1, 0.15) is 0 Å². The van der Waals surface area contributed by atoms with Crippen LogP contribution in [-0.2, 0) is 11.8 Å². The molecule has 0 amide bonds. The van der Waals surface area contributed by atoms with E-state index >= 15 is 0 Å². The summed E-state index contributed by atoms with van der Waals surface area (Å²) in [5, 5.41) is 22.4. The number of nitrogens with zero attached hydrogens (tertiary/aromatic N) is 2. The number of hydrogen-bond acceptors (Lipinski definition) is 3. The maximum Gasteiger partial charge on any atom is 0.338 e. The number of carboxylic acids is 1. The van der Waals surface area contributed by atoms with Gasteiger partial charge in [-0.05, 0) is 6.07 Å². The van der Waals surface area contributed by atoms with E-state index in [2.05, 4.69) is 5.10 Å². The van der Waals surface area contributed by atoms with Crippen molar-refractivity contribution in [1.82, 2.24) is 9.78 Å². The zero-order valence-corrected chi connectivity index (χ0v) is 9.24. The Morgan fingerprint density at radius 2 is 2.00 bits per heavy atom. The van der Waals surface area contributed by atoms with E-state index in [1.807, 2.05) is 30.3 Å². The van der Waals surface area contributed by atoms with E-state index in [9.17, 15) is 9.90 Å². The molecule has 5 heteroatoms. The highest BCUT2D eigenvalue weighted by Crippen LogP contribution is 2.21. The number of carbonyl (C=O) groups is 1. The SMILES string of the molecule is Cn1nc(-c2ccccc2)cc1C(O)C(=O)O. The van der Waals surface area contributed by atoms with Crippen LogP contribution in [0.4, 0.5) is 0 Å². The van der Waals surface area contributed by atoms with E-state index in [-0.39, 0.29) is 5.69 Å². The van der Waals surface area contributed by atoms with Crippen molar-refractivity contribution in [2.75, 3.05) is 0 Å². The Morgan fingerprint density at radius 1 is 1.35 bits per heavy atom. The molecule has 0 radical (unpaired) electrons. The molecule has 2 aromatic rings. The second kappa shape index (κ2) is 4.39. The molecule has 1 heterocycles. The number of aryl methyl sites for hydroxylation is 1. The Balaban J connectivity index is 2.41. The Morgan fingerprint density at radius 3 is 2.59 bits per heavy atom. The van der Waals surface area contributed by atoms with E-state index in [1.54, 1.807) is 13.1 Å². The number of aliphatic hydroxyl groups excluding tert-OH is 1. The fourth-order valence-electron chi connectivity index (χ4n) is 1.61. The highest BCUT2D eigenvalue weighted by atomic mass is 16.4. The highest BCUT2D eigenvalue weighted by molar-refractivity contribution is 5.74. The average Bonchev–Trinajstić information content (AvgIpc) is 2.71. The van der Waals surface area contributed by atoms with Crippen LogP contribution in [0.5, 0.6) is 0 Å². The molecule has 0 aliphatic heterocycles. The standard InChI is InChI=1S/C12H12N2O3/c1-14-10(11(15)12(16)17)7-9(13-14)8-5-3-2-4-6-8/h2-7,11,15H,1H3,(H,16,17). The van der Waals surface area contributed by atoms with Gasteiger partial charge in [-0.25, -0.2) is 4.79 Å². The predicted octanol–water partition coefficient (Wildman–Crippen LogP) is 1.21. The molecule has 0 spiro atoms. The Hall–Kier alpha value is -2.14. The van der Waals surface area contributed by atoms with E-state index < -0.39 is 12.1 Å². The fourth-order valence-corrected chi connectivity index (χ4v) is 1.61. The van der Waals surface area contributed by atoms with Crippen molar-refractivity contribution in [3.63, 3.8) is 0 Å². The van der Waals surface area contributed by atoms with E-state index in [0.717, 1.165) is 5.56 Å². The molecule has 17 heavy (non-hydrogen) atoms. The summed E-state index contributed by atoms with van der Waals surface area (Å²) >= 11 is 0. The molecular weight excluding hydrogens is 220 g/mol. The number of aliphatic hydroxyl groups is 1. The quantitative estimate of drug-likeness (QED) is 0.833. The number of carboxylic acid groups (broad SMARTS) is 1. The first-order valence-corrected chi connectivity index (χ1v) is 5.10. The van der Waals surface area contributed by atoms with Crippen LogP contribution in [0.2, 0.25) is 0 Å². The van der Waals surface area contributed by atoms with Crippen molar-refractivity contribution >= 4 is 5.97 Å². The first-order valence-electron chi connectivity index (χ1n) is 5.10. The monoisotopic (exact) mass is 232 g/mol. The number of aromatic nitrogens is 2. The summed E-state index contributed by atoms with van der Waals surface area (Å²) in [5.74, 6) is -1.28. The third-order valence-electron chi connectivity index (χ3n) is 2.50. The molecule has 0 saturated heterocycles. The third kappa shape index (κ3) is 2.19.